The molecule has 21 heavy (non-hydrogen) atoms. The van der Waals surface area contributed by atoms with Crippen molar-refractivity contribution in [2.24, 2.45) is 5.92 Å². The number of fused-ring (bicyclic) bond motifs is 3. The molecule has 1 saturated carbocycles. The fourth-order valence-electron chi connectivity index (χ4n) is 3.39. The third-order valence-electron chi connectivity index (χ3n) is 4.54. The molecule has 106 valence electrons. The largest absolute Gasteiger partial charge is 0.399 e. The predicted molar refractivity (Wildman–Crippen MR) is 70.0 cm³/mol. The molecule has 3 fully saturated rings. The Kier molecular flexibility index (Phi) is 2.01. The zero-order chi connectivity index (χ0) is 14.9. The van der Waals surface area contributed by atoms with Gasteiger partial charge < -0.3 is 5.73 Å². The van der Waals surface area contributed by atoms with E-state index in [1.165, 1.54) is 12.1 Å². The maximum atomic E-state index is 12.5. The number of nitrogens with two attached hydrogens (primary N) is 1. The van der Waals surface area contributed by atoms with Crippen molar-refractivity contribution in [2.45, 2.75) is 18.4 Å². The second-order valence-corrected chi connectivity index (χ2v) is 5.71. The van der Waals surface area contributed by atoms with Crippen LogP contribution in [0.25, 0.3) is 0 Å². The van der Waals surface area contributed by atoms with Crippen LogP contribution in [0.3, 0.4) is 0 Å². The van der Waals surface area contributed by atoms with Gasteiger partial charge in [-0.05, 0) is 31.0 Å². The third-order valence-corrected chi connectivity index (χ3v) is 4.54. The van der Waals surface area contributed by atoms with Crippen LogP contribution < -0.4 is 11.1 Å². The molecule has 7 heteroatoms. The molecule has 3 aliphatic heterocycles. The van der Waals surface area contributed by atoms with Crippen molar-refractivity contribution in [3.63, 3.8) is 0 Å². The first-order valence-electron chi connectivity index (χ1n) is 6.58. The fraction of sp³-hybridized carbons (Fsp3) is 0.286. The number of benzene rings is 1. The summed E-state index contributed by atoms with van der Waals surface area (Å²) in [5.41, 5.74) is 5.26. The van der Waals surface area contributed by atoms with Crippen LogP contribution in [0.1, 0.15) is 33.6 Å². The highest BCUT2D eigenvalue weighted by atomic mass is 16.2. The van der Waals surface area contributed by atoms with Gasteiger partial charge in [0.15, 0.2) is 0 Å². The molecule has 5 rings (SSSR count). The van der Waals surface area contributed by atoms with E-state index in [2.05, 4.69) is 5.32 Å². The van der Waals surface area contributed by atoms with Crippen molar-refractivity contribution < 1.29 is 19.2 Å². The van der Waals surface area contributed by atoms with Gasteiger partial charge in [-0.2, -0.15) is 0 Å². The standard InChI is InChI=1S/C14H11N3O4/c15-7-1-2-8-9(3-7)12(20)17(11(8)19)14-4-6(5-14)10(18)16-13(14)21/h1-3,6H,4-5,15H2,(H,16,18,21). The number of piperidine rings is 2. The van der Waals surface area contributed by atoms with Crippen LogP contribution in [0.4, 0.5) is 5.69 Å². The number of amides is 4. The Labute approximate surface area is 119 Å². The summed E-state index contributed by atoms with van der Waals surface area (Å²) in [6.45, 7) is 0. The number of carbonyl (C=O) groups is 4. The van der Waals surface area contributed by atoms with Crippen molar-refractivity contribution >= 4 is 29.3 Å². The number of nitrogen functional groups attached to an aromatic ring is 1. The van der Waals surface area contributed by atoms with Crippen LogP contribution >= 0.6 is 0 Å². The zero-order valence-electron chi connectivity index (χ0n) is 10.9. The molecular formula is C14H11N3O4. The van der Waals surface area contributed by atoms with Crippen molar-refractivity contribution in [2.75, 3.05) is 5.73 Å². The lowest BCUT2D eigenvalue weighted by Crippen LogP contribution is -2.74. The molecule has 1 aromatic rings. The van der Waals surface area contributed by atoms with Gasteiger partial charge in [0.05, 0.1) is 11.1 Å². The number of nitrogens with one attached hydrogen (secondary N) is 1. The highest BCUT2D eigenvalue weighted by Crippen LogP contribution is 2.48. The summed E-state index contributed by atoms with van der Waals surface area (Å²) in [6, 6.07) is 4.47. The van der Waals surface area contributed by atoms with Gasteiger partial charge in [0.2, 0.25) is 5.91 Å². The quantitative estimate of drug-likeness (QED) is 0.542. The lowest BCUT2D eigenvalue weighted by Gasteiger charge is -2.52. The van der Waals surface area contributed by atoms with Crippen molar-refractivity contribution in [3.8, 4) is 0 Å². The lowest BCUT2D eigenvalue weighted by molar-refractivity contribution is -0.158. The van der Waals surface area contributed by atoms with Crippen molar-refractivity contribution in [1.82, 2.24) is 10.2 Å². The summed E-state index contributed by atoms with van der Waals surface area (Å²) in [5.74, 6) is -2.24. The van der Waals surface area contributed by atoms with Crippen LogP contribution in [0, 0.1) is 5.92 Å². The van der Waals surface area contributed by atoms with E-state index >= 15 is 0 Å². The molecule has 7 nitrogen and oxygen atoms in total. The van der Waals surface area contributed by atoms with E-state index in [1.54, 1.807) is 6.07 Å². The van der Waals surface area contributed by atoms with E-state index in [0.717, 1.165) is 4.90 Å². The number of imide groups is 2. The van der Waals surface area contributed by atoms with E-state index in [1.807, 2.05) is 0 Å². The highest BCUT2D eigenvalue weighted by molar-refractivity contribution is 6.25. The van der Waals surface area contributed by atoms with Gasteiger partial charge in [-0.15, -0.1) is 0 Å². The Morgan fingerprint density at radius 2 is 1.76 bits per heavy atom. The number of hydrogen-bond donors (Lipinski definition) is 2. The number of nitrogens with zero attached hydrogens (tertiary/aromatic N) is 1. The van der Waals surface area contributed by atoms with E-state index in [9.17, 15) is 19.2 Å². The Bertz CT molecular complexity index is 749. The second kappa shape index (κ2) is 3.49. The van der Waals surface area contributed by atoms with Gasteiger partial charge in [-0.25, -0.2) is 0 Å². The fourth-order valence-corrected chi connectivity index (χ4v) is 3.39. The van der Waals surface area contributed by atoms with Crippen LogP contribution in [0.5, 0.6) is 0 Å². The van der Waals surface area contributed by atoms with E-state index in [0.29, 0.717) is 5.69 Å². The molecule has 0 unspecified atom stereocenters. The lowest BCUT2D eigenvalue weighted by atomic mass is 9.63. The molecule has 0 radical (unpaired) electrons. The normalized spacial score (nSPS) is 30.1. The average molecular weight is 285 g/mol. The van der Waals surface area contributed by atoms with Gasteiger partial charge >= 0.3 is 0 Å². The minimum atomic E-state index is -1.22. The molecule has 0 aromatic heterocycles. The maximum absolute atomic E-state index is 12.5. The minimum absolute atomic E-state index is 0.207. The van der Waals surface area contributed by atoms with Crippen LogP contribution in [0.15, 0.2) is 18.2 Å². The Morgan fingerprint density at radius 3 is 2.43 bits per heavy atom. The van der Waals surface area contributed by atoms with Crippen molar-refractivity contribution in [3.05, 3.63) is 29.3 Å². The van der Waals surface area contributed by atoms with Gasteiger partial charge in [-0.3, -0.25) is 29.4 Å². The average Bonchev–Trinajstić information content (AvgIpc) is 2.61. The molecule has 1 aliphatic carbocycles. The van der Waals surface area contributed by atoms with Crippen LogP contribution in [-0.4, -0.2) is 34.1 Å². The molecule has 4 amide bonds. The summed E-state index contributed by atoms with van der Waals surface area (Å²) >= 11 is 0. The Balaban J connectivity index is 1.79. The molecule has 3 N–H and O–H groups in total. The molecule has 1 aromatic carbocycles. The number of carbonyl (C=O) groups excluding carboxylic acids is 4. The first-order valence-corrected chi connectivity index (χ1v) is 6.58. The topological polar surface area (TPSA) is 110 Å². The second-order valence-electron chi connectivity index (χ2n) is 5.71. The zero-order valence-corrected chi connectivity index (χ0v) is 10.9. The SMILES string of the molecule is Nc1ccc2c(c1)C(=O)N(C13CC(C1)C(=O)NC3=O)C2=O. The van der Waals surface area contributed by atoms with Crippen LogP contribution in [-0.2, 0) is 9.59 Å². The molecule has 4 aliphatic rings. The highest BCUT2D eigenvalue weighted by Gasteiger charge is 2.65. The summed E-state index contributed by atoms with van der Waals surface area (Å²) in [7, 11) is 0. The molecular weight excluding hydrogens is 274 g/mol. The maximum Gasteiger partial charge on any atom is 0.262 e. The summed E-state index contributed by atoms with van der Waals surface area (Å²) in [4.78, 5) is 49.6. The Hall–Kier alpha value is -2.70. The van der Waals surface area contributed by atoms with Gasteiger partial charge in [0, 0.05) is 11.6 Å². The minimum Gasteiger partial charge on any atom is -0.399 e. The predicted octanol–water partition coefficient (Wildman–Crippen LogP) is -0.330. The molecule has 3 heterocycles. The Morgan fingerprint density at radius 1 is 1.10 bits per heavy atom. The summed E-state index contributed by atoms with van der Waals surface area (Å²) < 4.78 is 0. The number of rotatable bonds is 1. The number of hydrogen-bond acceptors (Lipinski definition) is 5. The van der Waals surface area contributed by atoms with E-state index in [-0.39, 0.29) is 35.8 Å². The molecule has 0 atom stereocenters. The first kappa shape index (κ1) is 12.1. The smallest absolute Gasteiger partial charge is 0.262 e. The van der Waals surface area contributed by atoms with Crippen LogP contribution in [0.2, 0.25) is 0 Å². The van der Waals surface area contributed by atoms with Crippen molar-refractivity contribution in [1.29, 1.82) is 0 Å². The molecule has 2 saturated heterocycles. The van der Waals surface area contributed by atoms with Gasteiger partial charge in [0.1, 0.15) is 5.54 Å². The molecule has 0 spiro atoms. The summed E-state index contributed by atoms with van der Waals surface area (Å²) in [6.07, 6.45) is 0.414. The van der Waals surface area contributed by atoms with Gasteiger partial charge in [0.25, 0.3) is 17.7 Å². The monoisotopic (exact) mass is 285 g/mol. The summed E-state index contributed by atoms with van der Waals surface area (Å²) in [5, 5.41) is 2.23. The number of anilines is 1. The van der Waals surface area contributed by atoms with E-state index < -0.39 is 23.3 Å². The van der Waals surface area contributed by atoms with E-state index in [4.69, 9.17) is 5.73 Å². The first-order chi connectivity index (χ1) is 9.94. The third kappa shape index (κ3) is 1.28. The van der Waals surface area contributed by atoms with Gasteiger partial charge in [-0.1, -0.05) is 0 Å². The molecule has 2 bridgehead atoms.